The Morgan fingerprint density at radius 2 is 1.93 bits per heavy atom. The van der Waals surface area contributed by atoms with Crippen LogP contribution in [-0.2, 0) is 16.0 Å². The molecule has 0 spiro atoms. The van der Waals surface area contributed by atoms with E-state index in [1.54, 1.807) is 7.11 Å². The van der Waals surface area contributed by atoms with Crippen LogP contribution in [0.3, 0.4) is 0 Å². The average Bonchev–Trinajstić information content (AvgIpc) is 2.77. The largest absolute Gasteiger partial charge is 0.497 e. The standard InChI is InChI=1S/C24H28N2O3/c1-3-24(28)26-14-12-19(13-15-26)20-7-5-8-21(17-20)25-23(27)11-10-18-6-4-9-22(16-18)29-2/h3-9,16-17,19H,1,10-15H2,2H3,(H,25,27). The van der Waals surface area contributed by atoms with E-state index in [4.69, 9.17) is 4.74 Å². The summed E-state index contributed by atoms with van der Waals surface area (Å²) in [4.78, 5) is 26.0. The number of anilines is 1. The van der Waals surface area contributed by atoms with Crippen LogP contribution in [0.15, 0.2) is 61.2 Å². The first kappa shape index (κ1) is 20.6. The van der Waals surface area contributed by atoms with Crippen molar-refractivity contribution in [2.45, 2.75) is 31.6 Å². The third kappa shape index (κ3) is 5.70. The molecule has 3 rings (SSSR count). The Kier molecular flexibility index (Phi) is 7.06. The summed E-state index contributed by atoms with van der Waals surface area (Å²) in [5, 5.41) is 3.01. The SMILES string of the molecule is C=CC(=O)N1CCC(c2cccc(NC(=O)CCc3cccc(OC)c3)c2)CC1. The molecule has 1 aliphatic heterocycles. The maximum Gasteiger partial charge on any atom is 0.245 e. The highest BCUT2D eigenvalue weighted by Crippen LogP contribution is 2.29. The predicted molar refractivity (Wildman–Crippen MR) is 115 cm³/mol. The molecule has 0 saturated carbocycles. The van der Waals surface area contributed by atoms with Crippen LogP contribution in [0.25, 0.3) is 0 Å². The number of hydrogen-bond donors (Lipinski definition) is 1. The quantitative estimate of drug-likeness (QED) is 0.720. The van der Waals surface area contributed by atoms with Gasteiger partial charge in [0, 0.05) is 25.2 Å². The fourth-order valence-electron chi connectivity index (χ4n) is 3.74. The summed E-state index contributed by atoms with van der Waals surface area (Å²) >= 11 is 0. The molecule has 1 N–H and O–H groups in total. The van der Waals surface area contributed by atoms with Gasteiger partial charge in [-0.2, -0.15) is 0 Å². The number of likely N-dealkylation sites (tertiary alicyclic amines) is 1. The molecule has 0 aromatic heterocycles. The number of ether oxygens (including phenoxy) is 1. The van der Waals surface area contributed by atoms with Crippen LogP contribution in [0, 0.1) is 0 Å². The van der Waals surface area contributed by atoms with E-state index in [0.29, 0.717) is 18.8 Å². The first-order valence-electron chi connectivity index (χ1n) is 10.0. The smallest absolute Gasteiger partial charge is 0.245 e. The number of piperidine rings is 1. The van der Waals surface area contributed by atoms with Crippen LogP contribution in [0.2, 0.25) is 0 Å². The Morgan fingerprint density at radius 1 is 1.17 bits per heavy atom. The monoisotopic (exact) mass is 392 g/mol. The van der Waals surface area contributed by atoms with Crippen LogP contribution in [0.1, 0.15) is 36.3 Å². The van der Waals surface area contributed by atoms with Crippen molar-refractivity contribution < 1.29 is 14.3 Å². The molecule has 0 atom stereocenters. The van der Waals surface area contributed by atoms with Gasteiger partial charge in [-0.25, -0.2) is 0 Å². The highest BCUT2D eigenvalue weighted by atomic mass is 16.5. The third-order valence-electron chi connectivity index (χ3n) is 5.40. The number of nitrogens with one attached hydrogen (secondary N) is 1. The van der Waals surface area contributed by atoms with E-state index in [0.717, 1.165) is 42.9 Å². The Bertz CT molecular complexity index is 870. The molecule has 0 unspecified atom stereocenters. The first-order valence-corrected chi connectivity index (χ1v) is 10.0. The molecule has 0 radical (unpaired) electrons. The molecule has 1 saturated heterocycles. The molecule has 5 nitrogen and oxygen atoms in total. The van der Waals surface area contributed by atoms with Gasteiger partial charge in [-0.05, 0) is 66.6 Å². The lowest BCUT2D eigenvalue weighted by Crippen LogP contribution is -2.36. The second-order valence-electron chi connectivity index (χ2n) is 7.33. The normalized spacial score (nSPS) is 14.3. The molecular weight excluding hydrogens is 364 g/mol. The third-order valence-corrected chi connectivity index (χ3v) is 5.40. The molecule has 152 valence electrons. The molecule has 1 fully saturated rings. The zero-order valence-corrected chi connectivity index (χ0v) is 16.9. The van der Waals surface area contributed by atoms with Gasteiger partial charge in [-0.15, -0.1) is 0 Å². The highest BCUT2D eigenvalue weighted by Gasteiger charge is 2.22. The minimum absolute atomic E-state index is 0.000463. The molecule has 0 bridgehead atoms. The summed E-state index contributed by atoms with van der Waals surface area (Å²) in [6.45, 7) is 5.04. The van der Waals surface area contributed by atoms with Crippen molar-refractivity contribution in [2.24, 2.45) is 0 Å². The lowest BCUT2D eigenvalue weighted by molar-refractivity contribution is -0.127. The lowest BCUT2D eigenvalue weighted by atomic mass is 9.89. The summed E-state index contributed by atoms with van der Waals surface area (Å²) in [6, 6.07) is 15.8. The van der Waals surface area contributed by atoms with Crippen molar-refractivity contribution in [3.8, 4) is 5.75 Å². The van der Waals surface area contributed by atoms with Crippen molar-refractivity contribution in [1.82, 2.24) is 4.90 Å². The number of methoxy groups -OCH3 is 1. The van der Waals surface area contributed by atoms with Crippen LogP contribution in [0.5, 0.6) is 5.75 Å². The number of hydrogen-bond acceptors (Lipinski definition) is 3. The van der Waals surface area contributed by atoms with Gasteiger partial charge in [0.2, 0.25) is 11.8 Å². The maximum atomic E-state index is 12.4. The van der Waals surface area contributed by atoms with Crippen LogP contribution < -0.4 is 10.1 Å². The fourth-order valence-corrected chi connectivity index (χ4v) is 3.74. The number of benzene rings is 2. The Balaban J connectivity index is 1.53. The number of aryl methyl sites for hydroxylation is 1. The molecule has 2 aromatic carbocycles. The van der Waals surface area contributed by atoms with Gasteiger partial charge in [-0.3, -0.25) is 9.59 Å². The zero-order chi connectivity index (χ0) is 20.6. The minimum atomic E-state index is -0.00336. The molecule has 2 amide bonds. The van der Waals surface area contributed by atoms with Crippen molar-refractivity contribution in [1.29, 1.82) is 0 Å². The molecule has 0 aliphatic carbocycles. The van der Waals surface area contributed by atoms with Crippen molar-refractivity contribution >= 4 is 17.5 Å². The molecule has 1 aliphatic rings. The minimum Gasteiger partial charge on any atom is -0.497 e. The predicted octanol–water partition coefficient (Wildman–Crippen LogP) is 4.16. The average molecular weight is 392 g/mol. The van der Waals surface area contributed by atoms with E-state index in [-0.39, 0.29) is 11.8 Å². The summed E-state index contributed by atoms with van der Waals surface area (Å²) in [7, 11) is 1.64. The van der Waals surface area contributed by atoms with E-state index in [1.165, 1.54) is 11.6 Å². The molecule has 2 aromatic rings. The van der Waals surface area contributed by atoms with Crippen LogP contribution in [0.4, 0.5) is 5.69 Å². The van der Waals surface area contributed by atoms with E-state index in [9.17, 15) is 9.59 Å². The number of carbonyl (C=O) groups is 2. The van der Waals surface area contributed by atoms with Crippen LogP contribution >= 0.6 is 0 Å². The van der Waals surface area contributed by atoms with E-state index < -0.39 is 0 Å². The summed E-state index contributed by atoms with van der Waals surface area (Å²) in [5.74, 6) is 1.20. The van der Waals surface area contributed by atoms with Gasteiger partial charge in [-0.1, -0.05) is 30.8 Å². The second kappa shape index (κ2) is 9.92. The van der Waals surface area contributed by atoms with Gasteiger partial charge in [0.05, 0.1) is 7.11 Å². The second-order valence-corrected chi connectivity index (χ2v) is 7.33. The maximum absolute atomic E-state index is 12.4. The Morgan fingerprint density at radius 3 is 2.66 bits per heavy atom. The van der Waals surface area contributed by atoms with Gasteiger partial charge < -0.3 is 15.0 Å². The van der Waals surface area contributed by atoms with Gasteiger partial charge in [0.25, 0.3) is 0 Å². The van der Waals surface area contributed by atoms with Gasteiger partial charge in [0.15, 0.2) is 0 Å². The van der Waals surface area contributed by atoms with Crippen molar-refractivity contribution in [3.05, 3.63) is 72.3 Å². The van der Waals surface area contributed by atoms with E-state index >= 15 is 0 Å². The summed E-state index contributed by atoms with van der Waals surface area (Å²) < 4.78 is 5.23. The number of carbonyl (C=O) groups excluding carboxylic acids is 2. The molecule has 5 heteroatoms. The van der Waals surface area contributed by atoms with Crippen LogP contribution in [-0.4, -0.2) is 36.9 Å². The Labute approximate surface area is 172 Å². The number of amides is 2. The molecular formula is C24H28N2O3. The van der Waals surface area contributed by atoms with E-state index in [1.807, 2.05) is 41.3 Å². The number of nitrogens with zero attached hydrogens (tertiary/aromatic N) is 1. The topological polar surface area (TPSA) is 58.6 Å². The number of rotatable bonds is 7. The molecule has 29 heavy (non-hydrogen) atoms. The fraction of sp³-hybridized carbons (Fsp3) is 0.333. The first-order chi connectivity index (χ1) is 14.1. The van der Waals surface area contributed by atoms with Crippen molar-refractivity contribution in [2.75, 3.05) is 25.5 Å². The molecule has 1 heterocycles. The highest BCUT2D eigenvalue weighted by molar-refractivity contribution is 5.91. The van der Waals surface area contributed by atoms with Gasteiger partial charge in [0.1, 0.15) is 5.75 Å². The summed E-state index contributed by atoms with van der Waals surface area (Å²) in [6.07, 6.45) is 4.31. The lowest BCUT2D eigenvalue weighted by Gasteiger charge is -2.31. The van der Waals surface area contributed by atoms with Gasteiger partial charge >= 0.3 is 0 Å². The zero-order valence-electron chi connectivity index (χ0n) is 16.9. The summed E-state index contributed by atoms with van der Waals surface area (Å²) in [5.41, 5.74) is 3.11. The Hall–Kier alpha value is -3.08. The van der Waals surface area contributed by atoms with Crippen molar-refractivity contribution in [3.63, 3.8) is 0 Å². The van der Waals surface area contributed by atoms with E-state index in [2.05, 4.69) is 24.0 Å².